The summed E-state index contributed by atoms with van der Waals surface area (Å²) in [5.74, 6) is 0.106. The topological polar surface area (TPSA) is 91.8 Å². The van der Waals surface area contributed by atoms with E-state index in [1.807, 2.05) is 30.3 Å². The molecule has 0 radical (unpaired) electrons. The van der Waals surface area contributed by atoms with Crippen LogP contribution in [0.4, 0.5) is 5.95 Å². The Morgan fingerprint density at radius 3 is 2.88 bits per heavy atom. The van der Waals surface area contributed by atoms with Crippen LogP contribution in [0.25, 0.3) is 10.4 Å². The fourth-order valence-corrected chi connectivity index (χ4v) is 1.08. The lowest BCUT2D eigenvalue weighted by atomic mass is 10.2. The van der Waals surface area contributed by atoms with Crippen molar-refractivity contribution in [3.8, 4) is 0 Å². The minimum Gasteiger partial charge on any atom is -0.198 e. The van der Waals surface area contributed by atoms with Crippen molar-refractivity contribution in [2.45, 2.75) is 0 Å². The van der Waals surface area contributed by atoms with Crippen molar-refractivity contribution >= 4 is 12.2 Å². The standard InChI is InChI=1S/C9H7N7/c10-15-14-9-13-11-7-16(9)12-6-8-4-2-1-3-5-8/h1-7H. The van der Waals surface area contributed by atoms with Crippen LogP contribution >= 0.6 is 0 Å². The Labute approximate surface area is 90.7 Å². The zero-order chi connectivity index (χ0) is 11.2. The van der Waals surface area contributed by atoms with Gasteiger partial charge in [0.1, 0.15) is 6.33 Å². The Morgan fingerprint density at radius 2 is 2.12 bits per heavy atom. The molecule has 0 amide bonds. The maximum absolute atomic E-state index is 8.27. The lowest BCUT2D eigenvalue weighted by Crippen LogP contribution is -1.88. The molecule has 7 heteroatoms. The van der Waals surface area contributed by atoms with E-state index >= 15 is 0 Å². The zero-order valence-corrected chi connectivity index (χ0v) is 8.17. The molecule has 1 aromatic heterocycles. The second kappa shape index (κ2) is 4.72. The molecule has 0 saturated carbocycles. The van der Waals surface area contributed by atoms with E-state index < -0.39 is 0 Å². The summed E-state index contributed by atoms with van der Waals surface area (Å²) in [5.41, 5.74) is 9.21. The van der Waals surface area contributed by atoms with Crippen LogP contribution in [0.3, 0.4) is 0 Å². The first-order valence-corrected chi connectivity index (χ1v) is 4.44. The van der Waals surface area contributed by atoms with E-state index in [-0.39, 0.29) is 5.95 Å². The summed E-state index contributed by atoms with van der Waals surface area (Å²) >= 11 is 0. The van der Waals surface area contributed by atoms with Gasteiger partial charge in [-0.15, -0.1) is 10.2 Å². The van der Waals surface area contributed by atoms with Crippen molar-refractivity contribution in [3.05, 3.63) is 52.7 Å². The molecule has 0 atom stereocenters. The van der Waals surface area contributed by atoms with Crippen LogP contribution < -0.4 is 0 Å². The summed E-state index contributed by atoms with van der Waals surface area (Å²) in [7, 11) is 0. The number of nitrogens with zero attached hydrogens (tertiary/aromatic N) is 7. The molecule has 16 heavy (non-hydrogen) atoms. The number of hydrogen-bond donors (Lipinski definition) is 0. The van der Waals surface area contributed by atoms with E-state index in [2.05, 4.69) is 25.3 Å². The van der Waals surface area contributed by atoms with Gasteiger partial charge < -0.3 is 0 Å². The molecule has 0 N–H and O–H groups in total. The van der Waals surface area contributed by atoms with Crippen molar-refractivity contribution < 1.29 is 0 Å². The molecule has 0 unspecified atom stereocenters. The van der Waals surface area contributed by atoms with Gasteiger partial charge in [-0.2, -0.15) is 9.78 Å². The number of aromatic nitrogens is 3. The van der Waals surface area contributed by atoms with Crippen LogP contribution in [0.5, 0.6) is 0 Å². The predicted octanol–water partition coefficient (Wildman–Crippen LogP) is 2.10. The van der Waals surface area contributed by atoms with Gasteiger partial charge in [0.2, 0.25) is 5.95 Å². The second-order valence-electron chi connectivity index (χ2n) is 2.82. The maximum Gasteiger partial charge on any atom is 0.241 e. The van der Waals surface area contributed by atoms with Gasteiger partial charge in [0, 0.05) is 4.91 Å². The minimum atomic E-state index is 0.106. The van der Waals surface area contributed by atoms with E-state index in [1.54, 1.807) is 6.21 Å². The first kappa shape index (κ1) is 9.88. The number of rotatable bonds is 3. The molecule has 1 heterocycles. The zero-order valence-electron chi connectivity index (χ0n) is 8.17. The third kappa shape index (κ3) is 2.23. The van der Waals surface area contributed by atoms with Gasteiger partial charge in [-0.25, -0.2) is 0 Å². The fourth-order valence-electron chi connectivity index (χ4n) is 1.08. The quantitative estimate of drug-likeness (QED) is 0.338. The molecule has 1 aromatic carbocycles. The van der Waals surface area contributed by atoms with Crippen LogP contribution in [0, 0.1) is 0 Å². The normalized spacial score (nSPS) is 10.2. The summed E-state index contributed by atoms with van der Waals surface area (Å²) in [6.45, 7) is 0. The largest absolute Gasteiger partial charge is 0.241 e. The highest BCUT2D eigenvalue weighted by Gasteiger charge is 1.97. The third-order valence-corrected chi connectivity index (χ3v) is 1.78. The van der Waals surface area contributed by atoms with E-state index in [0.717, 1.165) is 5.56 Å². The second-order valence-corrected chi connectivity index (χ2v) is 2.82. The minimum absolute atomic E-state index is 0.106. The molecule has 0 bridgehead atoms. The molecule has 0 fully saturated rings. The molecule has 0 aliphatic heterocycles. The smallest absolute Gasteiger partial charge is 0.198 e. The van der Waals surface area contributed by atoms with E-state index in [1.165, 1.54) is 11.0 Å². The molecule has 0 aliphatic rings. The molecular weight excluding hydrogens is 206 g/mol. The first-order valence-electron chi connectivity index (χ1n) is 4.44. The lowest BCUT2D eigenvalue weighted by Gasteiger charge is -1.93. The Hall–Kier alpha value is -2.66. The summed E-state index contributed by atoms with van der Waals surface area (Å²) in [4.78, 5) is 2.62. The predicted molar refractivity (Wildman–Crippen MR) is 58.3 cm³/mol. The Kier molecular flexibility index (Phi) is 2.91. The number of hydrogen-bond acceptors (Lipinski definition) is 4. The summed E-state index contributed by atoms with van der Waals surface area (Å²) in [5, 5.41) is 14.6. The maximum atomic E-state index is 8.27. The lowest BCUT2D eigenvalue weighted by molar-refractivity contribution is 0.876. The molecule has 0 spiro atoms. The van der Waals surface area contributed by atoms with Crippen molar-refractivity contribution in [2.24, 2.45) is 10.2 Å². The van der Waals surface area contributed by atoms with E-state index in [9.17, 15) is 0 Å². The summed E-state index contributed by atoms with van der Waals surface area (Å²) in [6.07, 6.45) is 2.99. The Bertz CT molecular complexity index is 536. The molecular formula is C9H7N7. The van der Waals surface area contributed by atoms with Gasteiger partial charge in [-0.05, 0) is 16.2 Å². The summed E-state index contributed by atoms with van der Waals surface area (Å²) < 4.78 is 1.30. The van der Waals surface area contributed by atoms with Gasteiger partial charge >= 0.3 is 0 Å². The van der Waals surface area contributed by atoms with Crippen molar-refractivity contribution in [1.29, 1.82) is 0 Å². The first-order chi connectivity index (χ1) is 7.90. The van der Waals surface area contributed by atoms with Crippen molar-refractivity contribution in [1.82, 2.24) is 14.9 Å². The van der Waals surface area contributed by atoms with Crippen molar-refractivity contribution in [2.75, 3.05) is 0 Å². The third-order valence-electron chi connectivity index (χ3n) is 1.78. The van der Waals surface area contributed by atoms with Gasteiger partial charge in [-0.1, -0.05) is 30.3 Å². The molecule has 2 aromatic rings. The van der Waals surface area contributed by atoms with Gasteiger partial charge in [0.05, 0.1) is 6.21 Å². The SMILES string of the molecule is [N-]=[N+]=Nc1nncn1N=Cc1ccccc1. The average Bonchev–Trinajstić information content (AvgIpc) is 2.76. The van der Waals surface area contributed by atoms with Gasteiger partial charge in [-0.3, -0.25) is 0 Å². The molecule has 0 saturated heterocycles. The van der Waals surface area contributed by atoms with Crippen molar-refractivity contribution in [3.63, 3.8) is 0 Å². The van der Waals surface area contributed by atoms with Crippen LogP contribution in [0.1, 0.15) is 5.56 Å². The Morgan fingerprint density at radius 1 is 1.31 bits per heavy atom. The molecule has 78 valence electrons. The Balaban J connectivity index is 2.24. The van der Waals surface area contributed by atoms with Gasteiger partial charge in [0.25, 0.3) is 0 Å². The number of azide groups is 1. The highest BCUT2D eigenvalue weighted by atomic mass is 15.5. The fraction of sp³-hybridized carbons (Fsp3) is 0. The van der Waals surface area contributed by atoms with Crippen LogP contribution in [0.15, 0.2) is 46.9 Å². The number of benzene rings is 1. The van der Waals surface area contributed by atoms with Crippen LogP contribution in [0.2, 0.25) is 0 Å². The highest BCUT2D eigenvalue weighted by molar-refractivity contribution is 5.79. The van der Waals surface area contributed by atoms with E-state index in [4.69, 9.17) is 5.53 Å². The molecule has 2 rings (SSSR count). The van der Waals surface area contributed by atoms with Crippen LogP contribution in [-0.4, -0.2) is 21.1 Å². The average molecular weight is 213 g/mol. The monoisotopic (exact) mass is 213 g/mol. The highest BCUT2D eigenvalue weighted by Crippen LogP contribution is 2.06. The van der Waals surface area contributed by atoms with E-state index in [0.29, 0.717) is 0 Å². The molecule has 7 nitrogen and oxygen atoms in total. The summed E-state index contributed by atoms with van der Waals surface area (Å²) in [6, 6.07) is 9.54. The van der Waals surface area contributed by atoms with Crippen LogP contribution in [-0.2, 0) is 0 Å². The van der Waals surface area contributed by atoms with Gasteiger partial charge in [0.15, 0.2) is 0 Å². The molecule has 0 aliphatic carbocycles.